The molecule has 1 saturated heterocycles. The zero-order chi connectivity index (χ0) is 14.9. The summed E-state index contributed by atoms with van der Waals surface area (Å²) >= 11 is 0. The van der Waals surface area contributed by atoms with Crippen molar-refractivity contribution in [2.75, 3.05) is 37.7 Å². The highest BCUT2D eigenvalue weighted by atomic mass is 16.5. The lowest BCUT2D eigenvalue weighted by Gasteiger charge is -2.27. The maximum Gasteiger partial charge on any atom is 0.220 e. The highest BCUT2D eigenvalue weighted by Gasteiger charge is 2.11. The van der Waals surface area contributed by atoms with Crippen LogP contribution in [0.2, 0.25) is 0 Å². The van der Waals surface area contributed by atoms with Gasteiger partial charge in [-0.3, -0.25) is 4.79 Å². The van der Waals surface area contributed by atoms with Crippen LogP contribution in [0.25, 0.3) is 0 Å². The van der Waals surface area contributed by atoms with E-state index in [-0.39, 0.29) is 5.91 Å². The van der Waals surface area contributed by atoms with Crippen LogP contribution >= 0.6 is 0 Å². The Kier molecular flexibility index (Phi) is 6.43. The Morgan fingerprint density at radius 2 is 2.14 bits per heavy atom. The Balaban J connectivity index is 1.75. The smallest absolute Gasteiger partial charge is 0.220 e. The van der Waals surface area contributed by atoms with Gasteiger partial charge in [0.05, 0.1) is 13.2 Å². The number of nitrogens with zero attached hydrogens (tertiary/aromatic N) is 2. The Bertz CT molecular complexity index is 430. The first kappa shape index (κ1) is 15.7. The van der Waals surface area contributed by atoms with Crippen LogP contribution in [0.15, 0.2) is 18.3 Å². The number of pyridine rings is 1. The van der Waals surface area contributed by atoms with Crippen molar-refractivity contribution < 1.29 is 9.53 Å². The van der Waals surface area contributed by atoms with Gasteiger partial charge in [-0.1, -0.05) is 6.07 Å². The summed E-state index contributed by atoms with van der Waals surface area (Å²) in [5, 5.41) is 2.90. The van der Waals surface area contributed by atoms with Crippen molar-refractivity contribution in [3.05, 3.63) is 23.9 Å². The molecular weight excluding hydrogens is 268 g/mol. The lowest BCUT2D eigenvalue weighted by molar-refractivity contribution is -0.121. The summed E-state index contributed by atoms with van der Waals surface area (Å²) in [6, 6.07) is 4.01. The van der Waals surface area contributed by atoms with Crippen LogP contribution < -0.4 is 16.0 Å². The summed E-state index contributed by atoms with van der Waals surface area (Å²) in [6.07, 6.45) is 4.10. The summed E-state index contributed by atoms with van der Waals surface area (Å²) in [4.78, 5) is 18.3. The first-order chi connectivity index (χ1) is 10.3. The number of carbonyl (C=O) groups excluding carboxylic acids is 1. The van der Waals surface area contributed by atoms with Gasteiger partial charge >= 0.3 is 0 Å². The molecule has 6 heteroatoms. The average molecular weight is 292 g/mol. The standard InChI is InChI=1S/C15H24N4O2/c16-6-2-1-3-15(20)18-12-13-4-5-14(17-11-13)19-7-9-21-10-8-19/h4-5,11H,1-3,6-10,12,16H2,(H,18,20). The lowest BCUT2D eigenvalue weighted by atomic mass is 10.2. The summed E-state index contributed by atoms with van der Waals surface area (Å²) in [5.74, 6) is 1.04. The summed E-state index contributed by atoms with van der Waals surface area (Å²) in [5.41, 5.74) is 6.42. The Morgan fingerprint density at radius 1 is 1.33 bits per heavy atom. The molecule has 1 aliphatic heterocycles. The molecule has 6 nitrogen and oxygen atoms in total. The topological polar surface area (TPSA) is 80.5 Å². The highest BCUT2D eigenvalue weighted by molar-refractivity contribution is 5.75. The van der Waals surface area contributed by atoms with Gasteiger partial charge in [0.2, 0.25) is 5.91 Å². The van der Waals surface area contributed by atoms with Gasteiger partial charge in [0, 0.05) is 32.3 Å². The van der Waals surface area contributed by atoms with E-state index >= 15 is 0 Å². The van der Waals surface area contributed by atoms with E-state index in [4.69, 9.17) is 10.5 Å². The number of ether oxygens (including phenoxy) is 1. The number of anilines is 1. The molecule has 1 aromatic rings. The number of hydrogen-bond donors (Lipinski definition) is 2. The van der Waals surface area contributed by atoms with Gasteiger partial charge in [-0.25, -0.2) is 4.98 Å². The Labute approximate surface area is 125 Å². The molecule has 1 aromatic heterocycles. The molecule has 116 valence electrons. The second kappa shape index (κ2) is 8.59. The van der Waals surface area contributed by atoms with Crippen LogP contribution in [-0.2, 0) is 16.1 Å². The van der Waals surface area contributed by atoms with Gasteiger partial charge in [0.1, 0.15) is 5.82 Å². The fraction of sp³-hybridized carbons (Fsp3) is 0.600. The number of unbranched alkanes of at least 4 members (excludes halogenated alkanes) is 1. The van der Waals surface area contributed by atoms with E-state index in [0.29, 0.717) is 19.5 Å². The van der Waals surface area contributed by atoms with E-state index in [9.17, 15) is 4.79 Å². The predicted molar refractivity (Wildman–Crippen MR) is 82.0 cm³/mol. The van der Waals surface area contributed by atoms with Crippen LogP contribution in [-0.4, -0.2) is 43.7 Å². The molecular formula is C15H24N4O2. The molecule has 0 saturated carbocycles. The van der Waals surface area contributed by atoms with Gasteiger partial charge in [0.25, 0.3) is 0 Å². The van der Waals surface area contributed by atoms with E-state index < -0.39 is 0 Å². The maximum atomic E-state index is 11.6. The van der Waals surface area contributed by atoms with Crippen molar-refractivity contribution in [2.45, 2.75) is 25.8 Å². The third kappa shape index (κ3) is 5.32. The number of nitrogens with two attached hydrogens (primary N) is 1. The third-order valence-corrected chi connectivity index (χ3v) is 3.49. The number of rotatable bonds is 7. The van der Waals surface area contributed by atoms with Crippen molar-refractivity contribution in [1.29, 1.82) is 0 Å². The predicted octanol–water partition coefficient (Wildman–Crippen LogP) is 0.663. The van der Waals surface area contributed by atoms with Gasteiger partial charge in [-0.15, -0.1) is 0 Å². The Hall–Kier alpha value is -1.66. The van der Waals surface area contributed by atoms with E-state index in [2.05, 4.69) is 15.2 Å². The zero-order valence-corrected chi connectivity index (χ0v) is 12.4. The van der Waals surface area contributed by atoms with Crippen LogP contribution in [0, 0.1) is 0 Å². The number of aromatic nitrogens is 1. The van der Waals surface area contributed by atoms with Gasteiger partial charge in [-0.2, -0.15) is 0 Å². The summed E-state index contributed by atoms with van der Waals surface area (Å²) in [7, 11) is 0. The molecule has 0 unspecified atom stereocenters. The number of morpholine rings is 1. The van der Waals surface area contributed by atoms with Crippen LogP contribution in [0.5, 0.6) is 0 Å². The molecule has 0 aromatic carbocycles. The first-order valence-corrected chi connectivity index (χ1v) is 7.54. The largest absolute Gasteiger partial charge is 0.378 e. The number of carbonyl (C=O) groups is 1. The average Bonchev–Trinajstić information content (AvgIpc) is 2.54. The van der Waals surface area contributed by atoms with Gasteiger partial charge in [-0.05, 0) is 31.0 Å². The Morgan fingerprint density at radius 3 is 2.81 bits per heavy atom. The van der Waals surface area contributed by atoms with Crippen LogP contribution in [0.4, 0.5) is 5.82 Å². The van der Waals surface area contributed by atoms with Crippen molar-refractivity contribution in [3.63, 3.8) is 0 Å². The summed E-state index contributed by atoms with van der Waals surface area (Å²) < 4.78 is 5.33. The monoisotopic (exact) mass is 292 g/mol. The van der Waals surface area contributed by atoms with E-state index in [1.165, 1.54) is 0 Å². The van der Waals surface area contributed by atoms with Crippen molar-refractivity contribution >= 4 is 11.7 Å². The minimum atomic E-state index is 0.0701. The van der Waals surface area contributed by atoms with E-state index in [0.717, 1.165) is 50.5 Å². The molecule has 2 heterocycles. The molecule has 3 N–H and O–H groups in total. The minimum absolute atomic E-state index is 0.0701. The SMILES string of the molecule is NCCCCC(=O)NCc1ccc(N2CCOCC2)nc1. The highest BCUT2D eigenvalue weighted by Crippen LogP contribution is 2.12. The minimum Gasteiger partial charge on any atom is -0.378 e. The molecule has 21 heavy (non-hydrogen) atoms. The van der Waals surface area contributed by atoms with Crippen molar-refractivity contribution in [3.8, 4) is 0 Å². The number of nitrogens with one attached hydrogen (secondary N) is 1. The molecule has 0 spiro atoms. The molecule has 1 aliphatic rings. The maximum absolute atomic E-state index is 11.6. The third-order valence-electron chi connectivity index (χ3n) is 3.49. The molecule has 0 aliphatic carbocycles. The fourth-order valence-electron chi connectivity index (χ4n) is 2.22. The van der Waals surface area contributed by atoms with Crippen LogP contribution in [0.1, 0.15) is 24.8 Å². The number of hydrogen-bond acceptors (Lipinski definition) is 5. The zero-order valence-electron chi connectivity index (χ0n) is 12.4. The first-order valence-electron chi connectivity index (χ1n) is 7.54. The van der Waals surface area contributed by atoms with Gasteiger partial charge in [0.15, 0.2) is 0 Å². The van der Waals surface area contributed by atoms with Gasteiger partial charge < -0.3 is 20.7 Å². The van der Waals surface area contributed by atoms with Crippen LogP contribution in [0.3, 0.4) is 0 Å². The van der Waals surface area contributed by atoms with E-state index in [1.807, 2.05) is 18.3 Å². The second-order valence-corrected chi connectivity index (χ2v) is 5.15. The number of amides is 1. The molecule has 1 amide bonds. The molecule has 0 bridgehead atoms. The van der Waals surface area contributed by atoms with Crippen molar-refractivity contribution in [1.82, 2.24) is 10.3 Å². The molecule has 0 atom stereocenters. The fourth-order valence-corrected chi connectivity index (χ4v) is 2.22. The lowest BCUT2D eigenvalue weighted by Crippen LogP contribution is -2.36. The van der Waals surface area contributed by atoms with E-state index in [1.54, 1.807) is 0 Å². The van der Waals surface area contributed by atoms with Crippen molar-refractivity contribution in [2.24, 2.45) is 5.73 Å². The molecule has 2 rings (SSSR count). The molecule has 1 fully saturated rings. The quantitative estimate of drug-likeness (QED) is 0.722. The molecule has 0 radical (unpaired) electrons. The normalized spacial score (nSPS) is 15.0. The summed E-state index contributed by atoms with van der Waals surface area (Å²) in [6.45, 7) is 4.43. The second-order valence-electron chi connectivity index (χ2n) is 5.15.